The highest BCUT2D eigenvalue weighted by Crippen LogP contribution is 2.26. The number of benzene rings is 2. The molecular weight excluding hydrogens is 379 g/mol. The second kappa shape index (κ2) is 9.47. The maximum absolute atomic E-state index is 13.3. The van der Waals surface area contributed by atoms with Crippen LogP contribution in [0.25, 0.3) is 0 Å². The summed E-state index contributed by atoms with van der Waals surface area (Å²) in [5.41, 5.74) is 2.30. The summed E-state index contributed by atoms with van der Waals surface area (Å²) in [6, 6.07) is 17.2. The van der Waals surface area contributed by atoms with Gasteiger partial charge in [0.05, 0.1) is 12.6 Å². The van der Waals surface area contributed by atoms with Gasteiger partial charge in [-0.15, -0.1) is 0 Å². The Morgan fingerprint density at radius 2 is 1.87 bits per heavy atom. The molecule has 160 valence electrons. The molecule has 30 heavy (non-hydrogen) atoms. The molecule has 5 nitrogen and oxygen atoms in total. The molecule has 0 amide bonds. The van der Waals surface area contributed by atoms with Gasteiger partial charge in [-0.05, 0) is 49.1 Å². The van der Waals surface area contributed by atoms with E-state index in [-0.39, 0.29) is 18.0 Å². The molecular formula is C24H31FN4O. The number of nitrogens with zero attached hydrogens (tertiary/aromatic N) is 3. The third-order valence-electron chi connectivity index (χ3n) is 5.97. The molecule has 6 heteroatoms. The standard InChI is InChI=1S/C24H31FN4O/c1-18-15-29(17-23(30-18)20-8-10-21(25)11-9-20)24(26-2)27-14-19-12-13-28(16-19)22-6-4-3-5-7-22/h3-11,18-19,23H,12-17H2,1-2H3,(H,26,27). The molecule has 1 N–H and O–H groups in total. The number of hydrogen-bond donors (Lipinski definition) is 1. The third-order valence-corrected chi connectivity index (χ3v) is 5.97. The van der Waals surface area contributed by atoms with Gasteiger partial charge in [-0.2, -0.15) is 0 Å². The highest BCUT2D eigenvalue weighted by Gasteiger charge is 2.29. The van der Waals surface area contributed by atoms with E-state index in [0.717, 1.165) is 37.7 Å². The van der Waals surface area contributed by atoms with Gasteiger partial charge in [-0.25, -0.2) is 4.39 Å². The molecule has 2 aromatic carbocycles. The average Bonchev–Trinajstić information content (AvgIpc) is 3.24. The van der Waals surface area contributed by atoms with E-state index in [1.165, 1.54) is 24.2 Å². The molecule has 2 saturated heterocycles. The zero-order chi connectivity index (χ0) is 20.9. The molecule has 0 spiro atoms. The number of ether oxygens (including phenoxy) is 1. The fraction of sp³-hybridized carbons (Fsp3) is 0.458. The van der Waals surface area contributed by atoms with E-state index in [1.54, 1.807) is 0 Å². The van der Waals surface area contributed by atoms with Gasteiger partial charge in [-0.1, -0.05) is 30.3 Å². The van der Waals surface area contributed by atoms with Crippen molar-refractivity contribution in [2.24, 2.45) is 10.9 Å². The van der Waals surface area contributed by atoms with Crippen molar-refractivity contribution in [1.29, 1.82) is 0 Å². The summed E-state index contributed by atoms with van der Waals surface area (Å²) in [6.07, 6.45) is 1.16. The van der Waals surface area contributed by atoms with E-state index < -0.39 is 0 Å². The van der Waals surface area contributed by atoms with Crippen LogP contribution in [0, 0.1) is 11.7 Å². The zero-order valence-electron chi connectivity index (χ0n) is 17.8. The maximum atomic E-state index is 13.3. The van der Waals surface area contributed by atoms with Crippen molar-refractivity contribution in [1.82, 2.24) is 10.2 Å². The van der Waals surface area contributed by atoms with Crippen LogP contribution in [0.5, 0.6) is 0 Å². The molecule has 2 aliphatic rings. The molecule has 4 rings (SSSR count). The summed E-state index contributed by atoms with van der Waals surface area (Å²) in [5.74, 6) is 1.28. The first kappa shape index (κ1) is 20.7. The number of rotatable bonds is 4. The van der Waals surface area contributed by atoms with E-state index >= 15 is 0 Å². The highest BCUT2D eigenvalue weighted by molar-refractivity contribution is 5.80. The van der Waals surface area contributed by atoms with Crippen molar-refractivity contribution in [3.8, 4) is 0 Å². The SMILES string of the molecule is CN=C(NCC1CCN(c2ccccc2)C1)N1CC(C)OC(c2ccc(F)cc2)C1. The van der Waals surface area contributed by atoms with Crippen molar-refractivity contribution >= 4 is 11.6 Å². The number of aliphatic imine (C=N–C) groups is 1. The van der Waals surface area contributed by atoms with Crippen LogP contribution < -0.4 is 10.2 Å². The Kier molecular flexibility index (Phi) is 6.53. The summed E-state index contributed by atoms with van der Waals surface area (Å²) in [6.45, 7) is 6.63. The minimum atomic E-state index is -0.224. The summed E-state index contributed by atoms with van der Waals surface area (Å²) < 4.78 is 19.4. The summed E-state index contributed by atoms with van der Waals surface area (Å²) in [5, 5.41) is 3.59. The number of halogens is 1. The van der Waals surface area contributed by atoms with E-state index in [9.17, 15) is 4.39 Å². The lowest BCUT2D eigenvalue weighted by atomic mass is 10.1. The highest BCUT2D eigenvalue weighted by atomic mass is 19.1. The topological polar surface area (TPSA) is 40.1 Å². The van der Waals surface area contributed by atoms with E-state index in [0.29, 0.717) is 12.5 Å². The maximum Gasteiger partial charge on any atom is 0.193 e. The lowest BCUT2D eigenvalue weighted by Gasteiger charge is -2.39. The van der Waals surface area contributed by atoms with Crippen LogP contribution >= 0.6 is 0 Å². The van der Waals surface area contributed by atoms with Crippen LogP contribution in [-0.2, 0) is 4.74 Å². The molecule has 0 saturated carbocycles. The Balaban J connectivity index is 1.34. The quantitative estimate of drug-likeness (QED) is 0.617. The Morgan fingerprint density at radius 1 is 1.10 bits per heavy atom. The number of anilines is 1. The smallest absolute Gasteiger partial charge is 0.193 e. The van der Waals surface area contributed by atoms with Crippen molar-refractivity contribution in [3.05, 3.63) is 66.0 Å². The summed E-state index contributed by atoms with van der Waals surface area (Å²) in [4.78, 5) is 9.24. The van der Waals surface area contributed by atoms with Gasteiger partial charge in [0.1, 0.15) is 11.9 Å². The van der Waals surface area contributed by atoms with Gasteiger partial charge >= 0.3 is 0 Å². The predicted octanol–water partition coefficient (Wildman–Crippen LogP) is 3.69. The summed E-state index contributed by atoms with van der Waals surface area (Å²) in [7, 11) is 1.83. The number of nitrogens with one attached hydrogen (secondary N) is 1. The molecule has 2 fully saturated rings. The van der Waals surface area contributed by atoms with Crippen LogP contribution in [0.2, 0.25) is 0 Å². The fourth-order valence-corrected chi connectivity index (χ4v) is 4.43. The largest absolute Gasteiger partial charge is 0.371 e. The molecule has 3 atom stereocenters. The molecule has 2 aromatic rings. The van der Waals surface area contributed by atoms with Gasteiger partial charge in [0, 0.05) is 38.9 Å². The molecule has 0 aromatic heterocycles. The third kappa shape index (κ3) is 4.93. The number of para-hydroxylation sites is 1. The van der Waals surface area contributed by atoms with Gasteiger partial charge in [0.2, 0.25) is 0 Å². The Labute approximate surface area is 178 Å². The first-order chi connectivity index (χ1) is 14.6. The average molecular weight is 411 g/mol. The van der Waals surface area contributed by atoms with Crippen molar-refractivity contribution in [2.75, 3.05) is 44.7 Å². The molecule has 0 radical (unpaired) electrons. The fourth-order valence-electron chi connectivity index (χ4n) is 4.43. The minimum Gasteiger partial charge on any atom is -0.371 e. The van der Waals surface area contributed by atoms with Crippen molar-refractivity contribution < 1.29 is 9.13 Å². The normalized spacial score (nSPS) is 24.9. The molecule has 3 unspecified atom stereocenters. The molecule has 0 aliphatic carbocycles. The minimum absolute atomic E-state index is 0.0763. The van der Waals surface area contributed by atoms with Crippen molar-refractivity contribution in [3.63, 3.8) is 0 Å². The molecule has 0 bridgehead atoms. The second-order valence-electron chi connectivity index (χ2n) is 8.26. The zero-order valence-corrected chi connectivity index (χ0v) is 17.8. The van der Waals surface area contributed by atoms with Gasteiger partial charge < -0.3 is 19.9 Å². The monoisotopic (exact) mass is 410 g/mol. The van der Waals surface area contributed by atoms with E-state index in [1.807, 2.05) is 19.2 Å². The van der Waals surface area contributed by atoms with Crippen LogP contribution in [-0.4, -0.2) is 56.7 Å². The van der Waals surface area contributed by atoms with Gasteiger partial charge in [-0.3, -0.25) is 4.99 Å². The van der Waals surface area contributed by atoms with Crippen LogP contribution in [0.15, 0.2) is 59.6 Å². The predicted molar refractivity (Wildman–Crippen MR) is 119 cm³/mol. The van der Waals surface area contributed by atoms with E-state index in [4.69, 9.17) is 4.74 Å². The second-order valence-corrected chi connectivity index (χ2v) is 8.26. The summed E-state index contributed by atoms with van der Waals surface area (Å²) >= 11 is 0. The Bertz CT molecular complexity index is 842. The first-order valence-electron chi connectivity index (χ1n) is 10.8. The van der Waals surface area contributed by atoms with Gasteiger partial charge in [0.25, 0.3) is 0 Å². The van der Waals surface area contributed by atoms with Crippen molar-refractivity contribution in [2.45, 2.75) is 25.6 Å². The van der Waals surface area contributed by atoms with Crippen LogP contribution in [0.3, 0.4) is 0 Å². The van der Waals surface area contributed by atoms with Crippen LogP contribution in [0.1, 0.15) is 25.0 Å². The number of hydrogen-bond acceptors (Lipinski definition) is 3. The van der Waals surface area contributed by atoms with E-state index in [2.05, 4.69) is 57.4 Å². The number of morpholine rings is 1. The molecule has 2 aliphatic heterocycles. The lowest BCUT2D eigenvalue weighted by Crippen LogP contribution is -2.51. The van der Waals surface area contributed by atoms with Crippen LogP contribution in [0.4, 0.5) is 10.1 Å². The first-order valence-corrected chi connectivity index (χ1v) is 10.8. The Hall–Kier alpha value is -2.60. The molecule has 2 heterocycles. The van der Waals surface area contributed by atoms with Gasteiger partial charge in [0.15, 0.2) is 5.96 Å². The Morgan fingerprint density at radius 3 is 2.60 bits per heavy atom. The lowest BCUT2D eigenvalue weighted by molar-refractivity contribution is -0.0605. The number of guanidine groups is 1.